The van der Waals surface area contributed by atoms with Crippen LogP contribution in [0.25, 0.3) is 0 Å². The molecule has 1 fully saturated rings. The number of nitrogens with one attached hydrogen (secondary N) is 2. The van der Waals surface area contributed by atoms with E-state index in [1.807, 2.05) is 24.3 Å². The molecule has 2 N–H and O–H groups in total. The number of benzene rings is 2. The fourth-order valence-electron chi connectivity index (χ4n) is 2.89. The zero-order valence-corrected chi connectivity index (χ0v) is 16.9. The van der Waals surface area contributed by atoms with Crippen molar-refractivity contribution in [3.8, 4) is 0 Å². The lowest BCUT2D eigenvalue weighted by molar-refractivity contribution is -0.122. The predicted octanol–water partition coefficient (Wildman–Crippen LogP) is 2.35. The van der Waals surface area contributed by atoms with Gasteiger partial charge in [0.2, 0.25) is 21.8 Å². The Morgan fingerprint density at radius 3 is 2.63 bits per heavy atom. The smallest absolute Gasteiger partial charge is 0.240 e. The van der Waals surface area contributed by atoms with Crippen LogP contribution in [0.15, 0.2) is 57.9 Å². The van der Waals surface area contributed by atoms with E-state index < -0.39 is 15.9 Å². The third-order valence-corrected chi connectivity index (χ3v) is 6.40. The summed E-state index contributed by atoms with van der Waals surface area (Å²) in [6.45, 7) is 0.266. The molecule has 1 heterocycles. The van der Waals surface area contributed by atoms with E-state index in [1.54, 1.807) is 17.0 Å². The average molecular weight is 452 g/mol. The van der Waals surface area contributed by atoms with Gasteiger partial charge in [0.1, 0.15) is 0 Å². The summed E-state index contributed by atoms with van der Waals surface area (Å²) < 4.78 is 26.8. The van der Waals surface area contributed by atoms with Crippen LogP contribution in [-0.4, -0.2) is 33.8 Å². The van der Waals surface area contributed by atoms with E-state index >= 15 is 0 Å². The Balaban J connectivity index is 1.74. The highest BCUT2D eigenvalue weighted by Crippen LogP contribution is 2.31. The fraction of sp³-hybridized carbons (Fsp3) is 0.222. The summed E-state index contributed by atoms with van der Waals surface area (Å²) in [5.74, 6) is -0.973. The molecule has 7 nitrogen and oxygen atoms in total. The molecule has 0 aliphatic carbocycles. The molecule has 2 aromatic rings. The van der Waals surface area contributed by atoms with Gasteiger partial charge in [0.25, 0.3) is 0 Å². The van der Waals surface area contributed by atoms with E-state index in [2.05, 4.69) is 26.0 Å². The lowest BCUT2D eigenvalue weighted by Crippen LogP contribution is -2.28. The molecule has 3 rings (SSSR count). The summed E-state index contributed by atoms with van der Waals surface area (Å²) in [6, 6.07) is 13.3. The van der Waals surface area contributed by atoms with E-state index in [1.165, 1.54) is 19.2 Å². The molecule has 0 spiro atoms. The molecule has 1 atom stereocenters. The molecule has 2 aromatic carbocycles. The van der Waals surface area contributed by atoms with Gasteiger partial charge in [-0.3, -0.25) is 9.59 Å². The minimum atomic E-state index is -3.60. The lowest BCUT2D eigenvalue weighted by Gasteiger charge is -2.18. The number of carbonyl (C=O) groups excluding carboxylic acids is 2. The van der Waals surface area contributed by atoms with Gasteiger partial charge in [-0.1, -0.05) is 18.2 Å². The Bertz CT molecular complexity index is 994. The maximum atomic E-state index is 12.6. The lowest BCUT2D eigenvalue weighted by atomic mass is 10.1. The number of rotatable bonds is 5. The maximum absolute atomic E-state index is 12.6. The predicted molar refractivity (Wildman–Crippen MR) is 106 cm³/mol. The summed E-state index contributed by atoms with van der Waals surface area (Å²) >= 11 is 3.42. The monoisotopic (exact) mass is 451 g/mol. The van der Waals surface area contributed by atoms with Crippen molar-refractivity contribution in [2.75, 3.05) is 23.8 Å². The van der Waals surface area contributed by atoms with Crippen molar-refractivity contribution in [1.82, 2.24) is 4.72 Å². The molecule has 1 unspecified atom stereocenters. The van der Waals surface area contributed by atoms with Gasteiger partial charge in [0, 0.05) is 23.1 Å². The van der Waals surface area contributed by atoms with E-state index in [0.717, 1.165) is 10.2 Å². The van der Waals surface area contributed by atoms with Crippen LogP contribution in [0.1, 0.15) is 6.42 Å². The largest absolute Gasteiger partial charge is 0.326 e. The number of nitrogens with zero attached hydrogens (tertiary/aromatic N) is 1. The van der Waals surface area contributed by atoms with Gasteiger partial charge < -0.3 is 10.2 Å². The molecule has 0 bridgehead atoms. The Hall–Kier alpha value is -2.23. The third-order valence-electron chi connectivity index (χ3n) is 4.32. The van der Waals surface area contributed by atoms with Gasteiger partial charge >= 0.3 is 0 Å². The molecule has 0 saturated carbocycles. The molecule has 0 aromatic heterocycles. The molecule has 27 heavy (non-hydrogen) atoms. The number of amides is 2. The zero-order valence-electron chi connectivity index (χ0n) is 14.5. The van der Waals surface area contributed by atoms with Gasteiger partial charge in [-0.15, -0.1) is 0 Å². The number of hydrogen-bond acceptors (Lipinski definition) is 4. The van der Waals surface area contributed by atoms with Crippen LogP contribution in [0.2, 0.25) is 0 Å². The summed E-state index contributed by atoms with van der Waals surface area (Å²) in [5, 5.41) is 2.71. The van der Waals surface area contributed by atoms with Crippen molar-refractivity contribution in [3.05, 3.63) is 53.0 Å². The van der Waals surface area contributed by atoms with Crippen LogP contribution in [0, 0.1) is 5.92 Å². The Labute approximate surface area is 165 Å². The zero-order chi connectivity index (χ0) is 19.6. The Kier molecular flexibility index (Phi) is 5.64. The van der Waals surface area contributed by atoms with E-state index in [9.17, 15) is 18.0 Å². The van der Waals surface area contributed by atoms with Gasteiger partial charge in [0.05, 0.1) is 16.5 Å². The highest BCUT2D eigenvalue weighted by molar-refractivity contribution is 9.10. The standard InChI is InChI=1S/C18H18BrN3O4S/c1-20-27(25,26)14-6-4-5-13(10-14)21-18(24)12-9-17(23)22(11-12)16-8-3-2-7-15(16)19/h2-8,10,12,20H,9,11H2,1H3,(H,21,24). The topological polar surface area (TPSA) is 95.6 Å². The van der Waals surface area contributed by atoms with Gasteiger partial charge in [0.15, 0.2) is 0 Å². The van der Waals surface area contributed by atoms with Gasteiger partial charge in [-0.05, 0) is 53.3 Å². The highest BCUT2D eigenvalue weighted by Gasteiger charge is 2.35. The summed E-state index contributed by atoms with van der Waals surface area (Å²) in [4.78, 5) is 26.6. The molecule has 1 saturated heterocycles. The normalized spacial score (nSPS) is 17.2. The SMILES string of the molecule is CNS(=O)(=O)c1cccc(NC(=O)C2CC(=O)N(c3ccccc3Br)C2)c1. The molecular weight excluding hydrogens is 434 g/mol. The van der Waals surface area contributed by atoms with Crippen LogP contribution in [0.3, 0.4) is 0 Å². The third kappa shape index (κ3) is 4.20. The van der Waals surface area contributed by atoms with Crippen molar-refractivity contribution in [1.29, 1.82) is 0 Å². The molecule has 142 valence electrons. The number of carbonyl (C=O) groups is 2. The molecule has 0 radical (unpaired) electrons. The van der Waals surface area contributed by atoms with E-state index in [4.69, 9.17) is 0 Å². The fourth-order valence-corrected chi connectivity index (χ4v) is 4.16. The molecule has 1 aliphatic heterocycles. The Morgan fingerprint density at radius 2 is 1.93 bits per heavy atom. The maximum Gasteiger partial charge on any atom is 0.240 e. The molecule has 2 amide bonds. The average Bonchev–Trinajstić information content (AvgIpc) is 3.04. The highest BCUT2D eigenvalue weighted by atomic mass is 79.9. The summed E-state index contributed by atoms with van der Waals surface area (Å²) in [7, 11) is -2.28. The van der Waals surface area contributed by atoms with Crippen LogP contribution in [-0.2, 0) is 19.6 Å². The first-order valence-corrected chi connectivity index (χ1v) is 10.5. The first-order chi connectivity index (χ1) is 12.8. The summed E-state index contributed by atoms with van der Waals surface area (Å²) in [5.41, 5.74) is 1.09. The quantitative estimate of drug-likeness (QED) is 0.728. The molecule has 9 heteroatoms. The van der Waals surface area contributed by atoms with Crippen LogP contribution >= 0.6 is 15.9 Å². The van der Waals surface area contributed by atoms with Crippen molar-refractivity contribution >= 4 is 49.1 Å². The first-order valence-electron chi connectivity index (χ1n) is 8.21. The summed E-state index contributed by atoms with van der Waals surface area (Å²) in [6.07, 6.45) is 0.0989. The van der Waals surface area contributed by atoms with Crippen molar-refractivity contribution in [2.24, 2.45) is 5.92 Å². The second-order valence-corrected chi connectivity index (χ2v) is 8.82. The number of hydrogen-bond donors (Lipinski definition) is 2. The van der Waals surface area contributed by atoms with Crippen LogP contribution in [0.5, 0.6) is 0 Å². The second kappa shape index (κ2) is 7.79. The van der Waals surface area contributed by atoms with Crippen molar-refractivity contribution in [2.45, 2.75) is 11.3 Å². The van der Waals surface area contributed by atoms with Crippen molar-refractivity contribution in [3.63, 3.8) is 0 Å². The van der Waals surface area contributed by atoms with Gasteiger partial charge in [-0.2, -0.15) is 0 Å². The number of sulfonamides is 1. The van der Waals surface area contributed by atoms with Crippen LogP contribution < -0.4 is 14.9 Å². The minimum absolute atomic E-state index is 0.0557. The molecular formula is C18H18BrN3O4S. The number of para-hydroxylation sites is 1. The first kappa shape index (κ1) is 19.5. The number of halogens is 1. The second-order valence-electron chi connectivity index (χ2n) is 6.08. The minimum Gasteiger partial charge on any atom is -0.326 e. The van der Waals surface area contributed by atoms with Gasteiger partial charge in [-0.25, -0.2) is 13.1 Å². The van der Waals surface area contributed by atoms with Crippen LogP contribution in [0.4, 0.5) is 11.4 Å². The Morgan fingerprint density at radius 1 is 1.19 bits per heavy atom. The van der Waals surface area contributed by atoms with E-state index in [-0.39, 0.29) is 29.7 Å². The van der Waals surface area contributed by atoms with Crippen molar-refractivity contribution < 1.29 is 18.0 Å². The number of anilines is 2. The van der Waals surface area contributed by atoms with E-state index in [0.29, 0.717) is 5.69 Å². The molecule has 1 aliphatic rings.